The van der Waals surface area contributed by atoms with Crippen LogP contribution in [0, 0.1) is 0 Å². The van der Waals surface area contributed by atoms with Crippen LogP contribution in [-0.2, 0) is 14.3 Å². The number of allylic oxidation sites excluding steroid dienone is 3. The van der Waals surface area contributed by atoms with Crippen molar-refractivity contribution < 1.29 is 24.2 Å². The van der Waals surface area contributed by atoms with E-state index in [0.717, 1.165) is 31.4 Å². The van der Waals surface area contributed by atoms with Crippen LogP contribution in [0.3, 0.4) is 0 Å². The highest BCUT2D eigenvalue weighted by Crippen LogP contribution is 2.46. The molecule has 162 valence electrons. The van der Waals surface area contributed by atoms with E-state index in [-0.39, 0.29) is 11.5 Å². The molecule has 6 nitrogen and oxygen atoms in total. The van der Waals surface area contributed by atoms with Crippen LogP contribution >= 0.6 is 15.9 Å². The summed E-state index contributed by atoms with van der Waals surface area (Å²) in [6.07, 6.45) is 3.69. The molecule has 0 saturated heterocycles. The van der Waals surface area contributed by atoms with Crippen LogP contribution in [0.25, 0.3) is 0 Å². The predicted octanol–water partition coefficient (Wildman–Crippen LogP) is 4.86. The SMILES string of the molecule is CCCCOC(=O)C1=C(C)NC2=C(C(=O)CCC2)C1c1cc(Br)c(O)c(OCC)c1. The summed E-state index contributed by atoms with van der Waals surface area (Å²) in [5.74, 6) is -0.666. The minimum absolute atomic E-state index is 0.00789. The maximum Gasteiger partial charge on any atom is 0.336 e. The Kier molecular flexibility index (Phi) is 7.23. The van der Waals surface area contributed by atoms with E-state index in [1.807, 2.05) is 20.8 Å². The molecule has 0 radical (unpaired) electrons. The van der Waals surface area contributed by atoms with Gasteiger partial charge in [-0.3, -0.25) is 4.79 Å². The molecule has 1 aliphatic carbocycles. The van der Waals surface area contributed by atoms with Crippen molar-refractivity contribution in [2.75, 3.05) is 13.2 Å². The minimum Gasteiger partial charge on any atom is -0.503 e. The fraction of sp³-hybridized carbons (Fsp3) is 0.478. The molecule has 0 saturated carbocycles. The molecule has 0 fully saturated rings. The fourth-order valence-electron chi connectivity index (χ4n) is 4.00. The van der Waals surface area contributed by atoms with Crippen molar-refractivity contribution in [3.8, 4) is 11.5 Å². The van der Waals surface area contributed by atoms with Gasteiger partial charge in [0.05, 0.1) is 23.3 Å². The van der Waals surface area contributed by atoms with Gasteiger partial charge in [0.1, 0.15) is 0 Å². The lowest BCUT2D eigenvalue weighted by Gasteiger charge is -2.34. The number of hydrogen-bond donors (Lipinski definition) is 2. The fourth-order valence-corrected chi connectivity index (χ4v) is 4.46. The Hall–Kier alpha value is -2.28. The first kappa shape index (κ1) is 22.4. The Labute approximate surface area is 185 Å². The highest BCUT2D eigenvalue weighted by Gasteiger charge is 2.39. The molecular formula is C23H28BrNO5. The van der Waals surface area contributed by atoms with Crippen LogP contribution in [0.15, 0.2) is 39.1 Å². The Morgan fingerprint density at radius 3 is 2.77 bits per heavy atom. The van der Waals surface area contributed by atoms with Gasteiger partial charge in [-0.25, -0.2) is 4.79 Å². The number of rotatable bonds is 7. The molecule has 0 spiro atoms. The smallest absolute Gasteiger partial charge is 0.336 e. The maximum absolute atomic E-state index is 13.1. The number of ether oxygens (including phenoxy) is 2. The van der Waals surface area contributed by atoms with Gasteiger partial charge in [-0.1, -0.05) is 13.3 Å². The predicted molar refractivity (Wildman–Crippen MR) is 117 cm³/mol. The van der Waals surface area contributed by atoms with E-state index in [0.29, 0.717) is 52.3 Å². The molecule has 2 aliphatic rings. The van der Waals surface area contributed by atoms with Crippen molar-refractivity contribution in [1.82, 2.24) is 5.32 Å². The zero-order valence-corrected chi connectivity index (χ0v) is 19.2. The van der Waals surface area contributed by atoms with E-state index in [1.165, 1.54) is 0 Å². The summed E-state index contributed by atoms with van der Waals surface area (Å²) in [6.45, 7) is 6.41. The topological polar surface area (TPSA) is 84.9 Å². The summed E-state index contributed by atoms with van der Waals surface area (Å²) in [5.41, 5.74) is 3.29. The number of dihydropyridines is 1. The number of unbranched alkanes of at least 4 members (excludes halogenated alkanes) is 1. The van der Waals surface area contributed by atoms with Gasteiger partial charge in [0, 0.05) is 29.3 Å². The average Bonchev–Trinajstić information content (AvgIpc) is 2.70. The Morgan fingerprint density at radius 2 is 2.07 bits per heavy atom. The van der Waals surface area contributed by atoms with Crippen LogP contribution in [0.5, 0.6) is 11.5 Å². The minimum atomic E-state index is -0.570. The maximum atomic E-state index is 13.1. The largest absolute Gasteiger partial charge is 0.503 e. The first-order valence-corrected chi connectivity index (χ1v) is 11.2. The summed E-state index contributed by atoms with van der Waals surface area (Å²) in [7, 11) is 0. The first-order chi connectivity index (χ1) is 14.4. The number of carbonyl (C=O) groups is 2. The third-order valence-corrected chi connectivity index (χ3v) is 6.02. The molecule has 2 N–H and O–H groups in total. The molecule has 1 atom stereocenters. The summed E-state index contributed by atoms with van der Waals surface area (Å²) >= 11 is 3.38. The molecular weight excluding hydrogens is 450 g/mol. The van der Waals surface area contributed by atoms with Crippen molar-refractivity contribution >= 4 is 27.7 Å². The van der Waals surface area contributed by atoms with E-state index < -0.39 is 11.9 Å². The molecule has 1 aromatic rings. The molecule has 1 aromatic carbocycles. The van der Waals surface area contributed by atoms with Gasteiger partial charge in [-0.05, 0) is 66.7 Å². The summed E-state index contributed by atoms with van der Waals surface area (Å²) < 4.78 is 11.6. The van der Waals surface area contributed by atoms with Gasteiger partial charge in [-0.15, -0.1) is 0 Å². The van der Waals surface area contributed by atoms with Crippen molar-refractivity contribution in [3.05, 3.63) is 44.7 Å². The number of aromatic hydroxyl groups is 1. The number of benzene rings is 1. The molecule has 7 heteroatoms. The zero-order chi connectivity index (χ0) is 21.8. The number of Topliss-reactive ketones (excluding diaryl/α,β-unsaturated/α-hetero) is 1. The second-order valence-corrected chi connectivity index (χ2v) is 8.39. The van der Waals surface area contributed by atoms with Gasteiger partial charge >= 0.3 is 5.97 Å². The Bertz CT molecular complexity index is 918. The van der Waals surface area contributed by atoms with E-state index in [9.17, 15) is 14.7 Å². The first-order valence-electron chi connectivity index (χ1n) is 10.4. The number of hydrogen-bond acceptors (Lipinski definition) is 6. The van der Waals surface area contributed by atoms with Crippen LogP contribution in [-0.4, -0.2) is 30.1 Å². The molecule has 0 bridgehead atoms. The number of halogens is 1. The van der Waals surface area contributed by atoms with Crippen molar-refractivity contribution in [1.29, 1.82) is 0 Å². The van der Waals surface area contributed by atoms with Crippen LogP contribution < -0.4 is 10.1 Å². The monoisotopic (exact) mass is 477 g/mol. The number of carbonyl (C=O) groups excluding carboxylic acids is 2. The van der Waals surface area contributed by atoms with E-state index in [4.69, 9.17) is 9.47 Å². The lowest BCUT2D eigenvalue weighted by molar-refractivity contribution is -0.139. The molecule has 1 unspecified atom stereocenters. The molecule has 3 rings (SSSR count). The number of phenolic OH excluding ortho intramolecular Hbond substituents is 1. The summed E-state index contributed by atoms with van der Waals surface area (Å²) in [6, 6.07) is 3.45. The van der Waals surface area contributed by atoms with Gasteiger partial charge in [-0.2, -0.15) is 0 Å². The average molecular weight is 478 g/mol. The lowest BCUT2D eigenvalue weighted by atomic mass is 9.75. The molecule has 30 heavy (non-hydrogen) atoms. The number of phenols is 1. The van der Waals surface area contributed by atoms with Crippen molar-refractivity contribution in [2.45, 2.75) is 58.8 Å². The zero-order valence-electron chi connectivity index (χ0n) is 17.6. The molecule has 1 aliphatic heterocycles. The number of esters is 1. The lowest BCUT2D eigenvalue weighted by Crippen LogP contribution is -2.34. The summed E-state index contributed by atoms with van der Waals surface area (Å²) in [5, 5.41) is 13.6. The van der Waals surface area contributed by atoms with Gasteiger partial charge in [0.2, 0.25) is 0 Å². The third-order valence-electron chi connectivity index (χ3n) is 5.41. The van der Waals surface area contributed by atoms with Crippen molar-refractivity contribution in [3.63, 3.8) is 0 Å². The second-order valence-electron chi connectivity index (χ2n) is 7.54. The number of nitrogens with one attached hydrogen (secondary N) is 1. The highest BCUT2D eigenvalue weighted by molar-refractivity contribution is 9.10. The molecule has 0 amide bonds. The Morgan fingerprint density at radius 1 is 1.30 bits per heavy atom. The quantitative estimate of drug-likeness (QED) is 0.430. The molecule has 1 heterocycles. The van der Waals surface area contributed by atoms with Crippen LogP contribution in [0.2, 0.25) is 0 Å². The van der Waals surface area contributed by atoms with Crippen molar-refractivity contribution in [2.24, 2.45) is 0 Å². The Balaban J connectivity index is 2.13. The highest BCUT2D eigenvalue weighted by atomic mass is 79.9. The van der Waals surface area contributed by atoms with Gasteiger partial charge < -0.3 is 19.9 Å². The number of ketones is 1. The normalized spacial score (nSPS) is 18.8. The third kappa shape index (κ3) is 4.41. The molecule has 0 aromatic heterocycles. The van der Waals surface area contributed by atoms with Crippen LogP contribution in [0.4, 0.5) is 0 Å². The van der Waals surface area contributed by atoms with Crippen LogP contribution in [0.1, 0.15) is 64.4 Å². The van der Waals surface area contributed by atoms with E-state index >= 15 is 0 Å². The van der Waals surface area contributed by atoms with E-state index in [1.54, 1.807) is 12.1 Å². The van der Waals surface area contributed by atoms with E-state index in [2.05, 4.69) is 21.2 Å². The van der Waals surface area contributed by atoms with Gasteiger partial charge in [0.15, 0.2) is 17.3 Å². The second kappa shape index (κ2) is 9.69. The van der Waals surface area contributed by atoms with Gasteiger partial charge in [0.25, 0.3) is 0 Å². The summed E-state index contributed by atoms with van der Waals surface area (Å²) in [4.78, 5) is 26.0. The standard InChI is InChI=1S/C23H28BrNO5/c1-4-6-10-30-23(28)19-13(3)25-16-8-7-9-17(26)21(16)20(19)14-11-15(24)22(27)18(12-14)29-5-2/h11-12,20,25,27H,4-10H2,1-3H3.